The van der Waals surface area contributed by atoms with E-state index in [4.69, 9.17) is 9.31 Å². The van der Waals surface area contributed by atoms with Crippen LogP contribution in [0.15, 0.2) is 18.2 Å². The average Bonchev–Trinajstić information content (AvgIpc) is 2.77. The van der Waals surface area contributed by atoms with Gasteiger partial charge in [0.1, 0.15) is 0 Å². The predicted molar refractivity (Wildman–Crippen MR) is 105 cm³/mol. The molecule has 142 valence electrons. The van der Waals surface area contributed by atoms with Crippen molar-refractivity contribution in [2.24, 2.45) is 0 Å². The molecule has 1 amide bonds. The topological polar surface area (TPSA) is 50.8 Å². The lowest BCUT2D eigenvalue weighted by Crippen LogP contribution is -2.43. The van der Waals surface area contributed by atoms with Crippen LogP contribution < -0.4 is 10.8 Å². The van der Waals surface area contributed by atoms with Crippen molar-refractivity contribution < 1.29 is 14.1 Å². The van der Waals surface area contributed by atoms with E-state index in [9.17, 15) is 4.79 Å². The summed E-state index contributed by atoms with van der Waals surface area (Å²) < 4.78 is 12.3. The van der Waals surface area contributed by atoms with Crippen molar-refractivity contribution in [2.75, 3.05) is 20.1 Å². The number of carbonyl (C=O) groups excluding carboxylic acids is 1. The summed E-state index contributed by atoms with van der Waals surface area (Å²) in [6.45, 7) is 12.3. The van der Waals surface area contributed by atoms with Crippen LogP contribution in [0.1, 0.15) is 56.5 Å². The molecule has 2 fully saturated rings. The van der Waals surface area contributed by atoms with E-state index in [1.807, 2.05) is 52.8 Å². The summed E-state index contributed by atoms with van der Waals surface area (Å²) in [4.78, 5) is 14.9. The first-order valence-corrected chi connectivity index (χ1v) is 9.55. The van der Waals surface area contributed by atoms with E-state index in [1.165, 1.54) is 0 Å². The summed E-state index contributed by atoms with van der Waals surface area (Å²) in [6, 6.07) is 6.03. The summed E-state index contributed by atoms with van der Waals surface area (Å²) in [5.74, 6) is 0.00289. The fourth-order valence-electron chi connectivity index (χ4n) is 3.47. The highest BCUT2D eigenvalue weighted by molar-refractivity contribution is 6.62. The zero-order valence-corrected chi connectivity index (χ0v) is 16.9. The minimum atomic E-state index is -0.397. The summed E-state index contributed by atoms with van der Waals surface area (Å²) in [5.41, 5.74) is 1.96. The van der Waals surface area contributed by atoms with E-state index in [1.54, 1.807) is 0 Å². The van der Waals surface area contributed by atoms with Crippen LogP contribution in [-0.2, 0) is 9.31 Å². The zero-order valence-electron chi connectivity index (χ0n) is 16.9. The number of piperidine rings is 1. The molecule has 0 aromatic heterocycles. The molecule has 2 heterocycles. The molecule has 1 aromatic rings. The monoisotopic (exact) mass is 358 g/mol. The predicted octanol–water partition coefficient (Wildman–Crippen LogP) is 2.12. The molecule has 26 heavy (non-hydrogen) atoms. The summed E-state index contributed by atoms with van der Waals surface area (Å²) in [5, 5.41) is 3.17. The van der Waals surface area contributed by atoms with Gasteiger partial charge in [0.15, 0.2) is 0 Å². The van der Waals surface area contributed by atoms with Gasteiger partial charge in [0.05, 0.1) is 11.2 Å². The van der Waals surface area contributed by atoms with Crippen molar-refractivity contribution in [3.05, 3.63) is 29.3 Å². The minimum Gasteiger partial charge on any atom is -0.399 e. The number of carbonyl (C=O) groups is 1. The second-order valence-corrected chi connectivity index (χ2v) is 8.71. The van der Waals surface area contributed by atoms with Crippen molar-refractivity contribution in [1.82, 2.24) is 10.2 Å². The summed E-state index contributed by atoms with van der Waals surface area (Å²) in [6.07, 6.45) is 2.01. The highest BCUT2D eigenvalue weighted by atomic mass is 16.7. The standard InChI is InChI=1S/C20H31BN2O3/c1-14-13-15(18(24)22-16-9-11-23(6)12-10-16)7-8-17(14)21-25-19(2,3)20(4,5)26-21/h7-8,13,16H,9-12H2,1-6H3,(H,22,24). The maximum absolute atomic E-state index is 12.6. The second-order valence-electron chi connectivity index (χ2n) is 8.71. The molecule has 3 rings (SSSR count). The van der Waals surface area contributed by atoms with Crippen LogP contribution in [0.4, 0.5) is 0 Å². The molecule has 1 aromatic carbocycles. The summed E-state index contributed by atoms with van der Waals surface area (Å²) in [7, 11) is 1.72. The Labute approximate surface area is 157 Å². The van der Waals surface area contributed by atoms with E-state index in [0.29, 0.717) is 5.56 Å². The molecule has 0 bridgehead atoms. The molecule has 5 nitrogen and oxygen atoms in total. The number of nitrogens with zero attached hydrogens (tertiary/aromatic N) is 1. The molecule has 2 aliphatic heterocycles. The van der Waals surface area contributed by atoms with Gasteiger partial charge in [-0.2, -0.15) is 0 Å². The van der Waals surface area contributed by atoms with Crippen molar-refractivity contribution in [3.8, 4) is 0 Å². The van der Waals surface area contributed by atoms with Gasteiger partial charge in [0, 0.05) is 11.6 Å². The highest BCUT2D eigenvalue weighted by Crippen LogP contribution is 2.36. The van der Waals surface area contributed by atoms with Crippen LogP contribution in [-0.4, -0.2) is 55.3 Å². The van der Waals surface area contributed by atoms with E-state index < -0.39 is 7.12 Å². The van der Waals surface area contributed by atoms with Gasteiger partial charge in [-0.3, -0.25) is 4.79 Å². The Morgan fingerprint density at radius 3 is 2.27 bits per heavy atom. The first-order chi connectivity index (χ1) is 12.1. The van der Waals surface area contributed by atoms with E-state index in [-0.39, 0.29) is 23.2 Å². The molecule has 0 saturated carbocycles. The minimum absolute atomic E-state index is 0.00289. The van der Waals surface area contributed by atoms with Gasteiger partial charge in [-0.1, -0.05) is 11.6 Å². The lowest BCUT2D eigenvalue weighted by molar-refractivity contribution is 0.00578. The van der Waals surface area contributed by atoms with Crippen LogP contribution in [0.25, 0.3) is 0 Å². The van der Waals surface area contributed by atoms with E-state index in [0.717, 1.165) is 37.0 Å². The number of rotatable bonds is 3. The highest BCUT2D eigenvalue weighted by Gasteiger charge is 2.52. The van der Waals surface area contributed by atoms with E-state index >= 15 is 0 Å². The maximum atomic E-state index is 12.6. The molecule has 6 heteroatoms. The van der Waals surface area contributed by atoms with Crippen molar-refractivity contribution >= 4 is 18.5 Å². The SMILES string of the molecule is Cc1cc(C(=O)NC2CCN(C)CC2)ccc1B1OC(C)(C)C(C)(C)O1. The molecule has 0 unspecified atom stereocenters. The molecule has 1 N–H and O–H groups in total. The average molecular weight is 358 g/mol. The molecular weight excluding hydrogens is 327 g/mol. The van der Waals surface area contributed by atoms with Crippen molar-refractivity contribution in [1.29, 1.82) is 0 Å². The third kappa shape index (κ3) is 3.82. The van der Waals surface area contributed by atoms with Crippen LogP contribution in [0, 0.1) is 6.92 Å². The molecule has 0 atom stereocenters. The Morgan fingerprint density at radius 1 is 1.15 bits per heavy atom. The normalized spacial score (nSPS) is 23.2. The summed E-state index contributed by atoms with van der Waals surface area (Å²) >= 11 is 0. The lowest BCUT2D eigenvalue weighted by Gasteiger charge is -2.32. The number of aryl methyl sites for hydroxylation is 1. The fraction of sp³-hybridized carbons (Fsp3) is 0.650. The Morgan fingerprint density at radius 2 is 1.73 bits per heavy atom. The Hall–Kier alpha value is -1.37. The zero-order chi connectivity index (χ0) is 19.1. The van der Waals surface area contributed by atoms with Crippen LogP contribution >= 0.6 is 0 Å². The van der Waals surface area contributed by atoms with Crippen LogP contribution in [0.5, 0.6) is 0 Å². The van der Waals surface area contributed by atoms with Gasteiger partial charge >= 0.3 is 7.12 Å². The Bertz CT molecular complexity index is 666. The smallest absolute Gasteiger partial charge is 0.399 e. The van der Waals surface area contributed by atoms with Gasteiger partial charge in [0.2, 0.25) is 0 Å². The lowest BCUT2D eigenvalue weighted by atomic mass is 9.76. The Balaban J connectivity index is 1.69. The molecule has 0 radical (unpaired) electrons. The van der Waals surface area contributed by atoms with Gasteiger partial charge in [-0.25, -0.2) is 0 Å². The quantitative estimate of drug-likeness (QED) is 0.841. The number of amides is 1. The third-order valence-electron chi connectivity index (χ3n) is 6.09. The van der Waals surface area contributed by atoms with Crippen molar-refractivity contribution in [3.63, 3.8) is 0 Å². The second kappa shape index (κ2) is 6.99. The number of hydrogen-bond acceptors (Lipinski definition) is 4. The first kappa shape index (κ1) is 19.4. The van der Waals surface area contributed by atoms with E-state index in [2.05, 4.69) is 17.3 Å². The maximum Gasteiger partial charge on any atom is 0.495 e. The number of hydrogen-bond donors (Lipinski definition) is 1. The fourth-order valence-corrected chi connectivity index (χ4v) is 3.47. The van der Waals surface area contributed by atoms with Gasteiger partial charge < -0.3 is 19.5 Å². The number of benzene rings is 1. The number of likely N-dealkylation sites (tertiary alicyclic amines) is 1. The Kier molecular flexibility index (Phi) is 5.21. The largest absolute Gasteiger partial charge is 0.495 e. The molecule has 0 spiro atoms. The van der Waals surface area contributed by atoms with Crippen LogP contribution in [0.2, 0.25) is 0 Å². The number of nitrogens with one attached hydrogen (secondary N) is 1. The third-order valence-corrected chi connectivity index (χ3v) is 6.09. The molecule has 0 aliphatic carbocycles. The molecule has 2 aliphatic rings. The van der Waals surface area contributed by atoms with Gasteiger partial charge in [-0.15, -0.1) is 0 Å². The molecule has 2 saturated heterocycles. The van der Waals surface area contributed by atoms with Gasteiger partial charge in [-0.05, 0) is 85.2 Å². The molecular formula is C20H31BN2O3. The van der Waals surface area contributed by atoms with Gasteiger partial charge in [0.25, 0.3) is 5.91 Å². The van der Waals surface area contributed by atoms with Crippen LogP contribution in [0.3, 0.4) is 0 Å². The van der Waals surface area contributed by atoms with Crippen molar-refractivity contribution in [2.45, 2.75) is 64.7 Å². The first-order valence-electron chi connectivity index (χ1n) is 9.55.